The summed E-state index contributed by atoms with van der Waals surface area (Å²) in [6.07, 6.45) is 1.95. The van der Waals surface area contributed by atoms with Gasteiger partial charge in [0.2, 0.25) is 5.91 Å². The van der Waals surface area contributed by atoms with Crippen molar-refractivity contribution in [2.24, 2.45) is 0 Å². The van der Waals surface area contributed by atoms with Gasteiger partial charge in [0, 0.05) is 20.3 Å². The number of carboxylic acid groups (broad SMARTS) is 1. The molecule has 3 N–H and O–H groups in total. The summed E-state index contributed by atoms with van der Waals surface area (Å²) in [7, 11) is 1.61. The maximum atomic E-state index is 11.8. The van der Waals surface area contributed by atoms with Crippen LogP contribution in [0.1, 0.15) is 40.0 Å². The van der Waals surface area contributed by atoms with E-state index in [1.807, 2.05) is 6.92 Å². The Morgan fingerprint density at radius 2 is 2.05 bits per heavy atom. The number of carbonyl (C=O) groups is 2. The molecule has 112 valence electrons. The molecule has 2 unspecified atom stereocenters. The fourth-order valence-corrected chi connectivity index (χ4v) is 1.87. The van der Waals surface area contributed by atoms with Crippen LogP contribution in [0.3, 0.4) is 0 Å². The first-order valence-electron chi connectivity index (χ1n) is 6.65. The maximum absolute atomic E-state index is 11.8. The molecular weight excluding hydrogens is 248 g/mol. The summed E-state index contributed by atoms with van der Waals surface area (Å²) in [5, 5.41) is 14.9. The van der Waals surface area contributed by atoms with E-state index < -0.39 is 17.6 Å². The van der Waals surface area contributed by atoms with Crippen molar-refractivity contribution in [1.82, 2.24) is 10.6 Å². The Labute approximate surface area is 114 Å². The second-order valence-corrected chi connectivity index (χ2v) is 4.89. The molecule has 6 nitrogen and oxygen atoms in total. The van der Waals surface area contributed by atoms with Gasteiger partial charge in [0.1, 0.15) is 5.54 Å². The number of carbonyl (C=O) groups excluding carboxylic acids is 1. The van der Waals surface area contributed by atoms with Gasteiger partial charge in [0.15, 0.2) is 0 Å². The Bertz CT molecular complexity index is 296. The summed E-state index contributed by atoms with van der Waals surface area (Å²) in [5.74, 6) is -1.13. The van der Waals surface area contributed by atoms with Crippen molar-refractivity contribution in [3.8, 4) is 0 Å². The van der Waals surface area contributed by atoms with E-state index >= 15 is 0 Å². The molecule has 0 bridgehead atoms. The molecule has 2 atom stereocenters. The highest BCUT2D eigenvalue weighted by Gasteiger charge is 2.34. The third-order valence-electron chi connectivity index (χ3n) is 2.97. The van der Waals surface area contributed by atoms with Gasteiger partial charge in [0.05, 0.1) is 6.04 Å². The number of nitrogens with one attached hydrogen (secondary N) is 2. The summed E-state index contributed by atoms with van der Waals surface area (Å²) >= 11 is 0. The first-order chi connectivity index (χ1) is 8.87. The molecular formula is C13H26N2O4. The lowest BCUT2D eigenvalue weighted by Gasteiger charge is -2.29. The monoisotopic (exact) mass is 274 g/mol. The minimum Gasteiger partial charge on any atom is -0.480 e. The summed E-state index contributed by atoms with van der Waals surface area (Å²) in [6.45, 7) is 6.30. The third kappa shape index (κ3) is 6.54. The van der Waals surface area contributed by atoms with E-state index in [9.17, 15) is 14.7 Å². The zero-order valence-corrected chi connectivity index (χ0v) is 12.3. The first-order valence-corrected chi connectivity index (χ1v) is 6.65. The molecule has 0 spiro atoms. The summed E-state index contributed by atoms with van der Waals surface area (Å²) in [5.41, 5.74) is -1.07. The predicted octanol–water partition coefficient (Wildman–Crippen LogP) is 0.761. The van der Waals surface area contributed by atoms with Crippen LogP contribution in [0.4, 0.5) is 0 Å². The fourth-order valence-electron chi connectivity index (χ4n) is 1.87. The Kier molecular flexibility index (Phi) is 8.34. The van der Waals surface area contributed by atoms with Gasteiger partial charge in [-0.2, -0.15) is 0 Å². The molecule has 0 aromatic carbocycles. The lowest BCUT2D eigenvalue weighted by molar-refractivity contribution is -0.145. The average molecular weight is 274 g/mol. The number of carboxylic acids is 1. The van der Waals surface area contributed by atoms with E-state index in [1.165, 1.54) is 0 Å². The van der Waals surface area contributed by atoms with Crippen LogP contribution in [0, 0.1) is 0 Å². The molecule has 6 heteroatoms. The highest BCUT2D eigenvalue weighted by Crippen LogP contribution is 2.13. The summed E-state index contributed by atoms with van der Waals surface area (Å²) in [4.78, 5) is 23.1. The van der Waals surface area contributed by atoms with Crippen molar-refractivity contribution >= 4 is 11.9 Å². The van der Waals surface area contributed by atoms with Gasteiger partial charge in [-0.05, 0) is 26.7 Å². The number of rotatable bonds is 10. The van der Waals surface area contributed by atoms with E-state index in [2.05, 4.69) is 10.6 Å². The molecule has 0 aliphatic rings. The number of hydrogen-bond donors (Lipinski definition) is 3. The molecule has 1 amide bonds. The van der Waals surface area contributed by atoms with Gasteiger partial charge < -0.3 is 15.2 Å². The molecule has 0 saturated heterocycles. The van der Waals surface area contributed by atoms with Crippen molar-refractivity contribution in [3.05, 3.63) is 0 Å². The van der Waals surface area contributed by atoms with Crippen molar-refractivity contribution in [1.29, 1.82) is 0 Å². The highest BCUT2D eigenvalue weighted by atomic mass is 16.5. The SMILES string of the molecule is CCCC(C)(NC(C)C(=O)NCCCOC)C(=O)O. The standard InChI is InChI=1S/C13H26N2O4/c1-5-7-13(3,12(17)18)15-10(2)11(16)14-8-6-9-19-4/h10,15H,5-9H2,1-4H3,(H,14,16)(H,17,18). The molecule has 0 radical (unpaired) electrons. The van der Waals surface area contributed by atoms with Gasteiger partial charge in [-0.1, -0.05) is 13.3 Å². The minimum absolute atomic E-state index is 0.195. The molecule has 0 saturated carbocycles. The molecule has 0 aromatic heterocycles. The number of hydrogen-bond acceptors (Lipinski definition) is 4. The largest absolute Gasteiger partial charge is 0.480 e. The summed E-state index contributed by atoms with van der Waals surface area (Å²) < 4.78 is 4.88. The van der Waals surface area contributed by atoms with E-state index in [4.69, 9.17) is 4.74 Å². The van der Waals surface area contributed by atoms with E-state index in [-0.39, 0.29) is 5.91 Å². The van der Waals surface area contributed by atoms with Crippen molar-refractivity contribution in [2.45, 2.75) is 51.6 Å². The van der Waals surface area contributed by atoms with Crippen LogP contribution >= 0.6 is 0 Å². The van der Waals surface area contributed by atoms with Gasteiger partial charge in [-0.25, -0.2) is 0 Å². The van der Waals surface area contributed by atoms with Gasteiger partial charge >= 0.3 is 5.97 Å². The zero-order chi connectivity index (χ0) is 14.9. The average Bonchev–Trinajstić information content (AvgIpc) is 2.34. The van der Waals surface area contributed by atoms with E-state index in [0.29, 0.717) is 19.6 Å². The topological polar surface area (TPSA) is 87.7 Å². The number of ether oxygens (including phenoxy) is 1. The van der Waals surface area contributed by atoms with Gasteiger partial charge in [-0.15, -0.1) is 0 Å². The van der Waals surface area contributed by atoms with Crippen LogP contribution in [-0.4, -0.2) is 48.8 Å². The van der Waals surface area contributed by atoms with Crippen molar-refractivity contribution in [2.75, 3.05) is 20.3 Å². The highest BCUT2D eigenvalue weighted by molar-refractivity contribution is 5.84. The first kappa shape index (κ1) is 17.9. The Balaban J connectivity index is 4.28. The van der Waals surface area contributed by atoms with Gasteiger partial charge in [-0.3, -0.25) is 14.9 Å². The number of aliphatic carboxylic acids is 1. The smallest absolute Gasteiger partial charge is 0.323 e. The number of methoxy groups -OCH3 is 1. The summed E-state index contributed by atoms with van der Waals surface area (Å²) in [6, 6.07) is -0.546. The van der Waals surface area contributed by atoms with Crippen LogP contribution in [0.5, 0.6) is 0 Å². The van der Waals surface area contributed by atoms with Crippen LogP contribution in [0.2, 0.25) is 0 Å². The lowest BCUT2D eigenvalue weighted by atomic mass is 9.95. The molecule has 0 rings (SSSR count). The molecule has 19 heavy (non-hydrogen) atoms. The Morgan fingerprint density at radius 3 is 2.53 bits per heavy atom. The van der Waals surface area contributed by atoms with Crippen LogP contribution in [0.25, 0.3) is 0 Å². The Morgan fingerprint density at radius 1 is 1.42 bits per heavy atom. The molecule has 0 heterocycles. The molecule has 0 aliphatic carbocycles. The normalized spacial score (nSPS) is 15.6. The molecule has 0 fully saturated rings. The lowest BCUT2D eigenvalue weighted by Crippen LogP contribution is -2.57. The third-order valence-corrected chi connectivity index (χ3v) is 2.97. The maximum Gasteiger partial charge on any atom is 0.323 e. The Hall–Kier alpha value is -1.14. The van der Waals surface area contributed by atoms with Crippen LogP contribution in [-0.2, 0) is 14.3 Å². The minimum atomic E-state index is -1.07. The van der Waals surface area contributed by atoms with E-state index in [0.717, 1.165) is 12.8 Å². The second kappa shape index (κ2) is 8.87. The van der Waals surface area contributed by atoms with Crippen LogP contribution < -0.4 is 10.6 Å². The zero-order valence-electron chi connectivity index (χ0n) is 12.3. The van der Waals surface area contributed by atoms with Crippen molar-refractivity contribution in [3.63, 3.8) is 0 Å². The molecule has 0 aliphatic heterocycles. The fraction of sp³-hybridized carbons (Fsp3) is 0.846. The quantitative estimate of drug-likeness (QED) is 0.512. The van der Waals surface area contributed by atoms with E-state index in [1.54, 1.807) is 21.0 Å². The molecule has 0 aromatic rings. The van der Waals surface area contributed by atoms with Gasteiger partial charge in [0.25, 0.3) is 0 Å². The predicted molar refractivity (Wildman–Crippen MR) is 73.0 cm³/mol. The second-order valence-electron chi connectivity index (χ2n) is 4.89. The van der Waals surface area contributed by atoms with Crippen LogP contribution in [0.15, 0.2) is 0 Å². The van der Waals surface area contributed by atoms with Crippen molar-refractivity contribution < 1.29 is 19.4 Å². The number of amides is 1.